The number of piperazine rings is 1. The van der Waals surface area contributed by atoms with E-state index in [2.05, 4.69) is 28.6 Å². The zero-order valence-electron chi connectivity index (χ0n) is 15.4. The molecule has 2 heterocycles. The van der Waals surface area contributed by atoms with Crippen LogP contribution in [0, 0.1) is 6.92 Å². The predicted molar refractivity (Wildman–Crippen MR) is 103 cm³/mol. The number of para-hydroxylation sites is 1. The van der Waals surface area contributed by atoms with Crippen LogP contribution in [0.25, 0.3) is 0 Å². The molecule has 2 N–H and O–H groups in total. The van der Waals surface area contributed by atoms with Crippen LogP contribution in [0.15, 0.2) is 35.2 Å². The highest BCUT2D eigenvalue weighted by Gasteiger charge is 2.23. The van der Waals surface area contributed by atoms with Gasteiger partial charge in [-0.25, -0.2) is 23.5 Å². The summed E-state index contributed by atoms with van der Waals surface area (Å²) in [4.78, 5) is 13.6. The van der Waals surface area contributed by atoms with Crippen molar-refractivity contribution in [2.45, 2.75) is 31.6 Å². The summed E-state index contributed by atoms with van der Waals surface area (Å²) in [5.41, 5.74) is 1.62. The maximum absolute atomic E-state index is 11.8. The van der Waals surface area contributed by atoms with Gasteiger partial charge in [-0.1, -0.05) is 26.0 Å². The molecule has 140 valence electrons. The average molecular weight is 375 g/mol. The molecule has 1 aromatic heterocycles. The Kier molecular flexibility index (Phi) is 5.15. The van der Waals surface area contributed by atoms with Crippen LogP contribution in [-0.4, -0.2) is 44.6 Å². The molecule has 0 saturated carbocycles. The SMILES string of the molecule is Cc1cc(N2CCN(c3ccccc3S(N)(=O)=O)CC2)nc(C(C)C)n1. The molecule has 1 aliphatic rings. The number of aryl methyl sites for hydroxylation is 1. The van der Waals surface area contributed by atoms with Crippen LogP contribution in [0.4, 0.5) is 11.5 Å². The second-order valence-corrected chi connectivity index (χ2v) is 8.40. The molecular formula is C18H25N5O2S. The molecule has 0 radical (unpaired) electrons. The van der Waals surface area contributed by atoms with Crippen molar-refractivity contribution < 1.29 is 8.42 Å². The number of hydrogen-bond donors (Lipinski definition) is 1. The maximum atomic E-state index is 11.8. The smallest absolute Gasteiger partial charge is 0.240 e. The van der Waals surface area contributed by atoms with Crippen molar-refractivity contribution in [3.63, 3.8) is 0 Å². The van der Waals surface area contributed by atoms with Crippen molar-refractivity contribution in [2.75, 3.05) is 36.0 Å². The number of sulfonamides is 1. The van der Waals surface area contributed by atoms with E-state index in [0.717, 1.165) is 30.4 Å². The van der Waals surface area contributed by atoms with Crippen molar-refractivity contribution in [3.8, 4) is 0 Å². The fourth-order valence-electron chi connectivity index (χ4n) is 3.13. The molecule has 1 saturated heterocycles. The zero-order valence-corrected chi connectivity index (χ0v) is 16.2. The molecule has 1 fully saturated rings. The van der Waals surface area contributed by atoms with E-state index in [1.165, 1.54) is 0 Å². The Morgan fingerprint density at radius 1 is 1.04 bits per heavy atom. The third-order valence-corrected chi connectivity index (χ3v) is 5.45. The third kappa shape index (κ3) is 3.96. The van der Waals surface area contributed by atoms with E-state index in [-0.39, 0.29) is 10.8 Å². The summed E-state index contributed by atoms with van der Waals surface area (Å²) in [5, 5.41) is 5.36. The standard InChI is InChI=1S/C18H25N5O2S/c1-13(2)18-20-14(3)12-17(21-18)23-10-8-22(9-11-23)15-6-4-5-7-16(15)26(19,24)25/h4-7,12-13H,8-11H2,1-3H3,(H2,19,24,25). The molecule has 0 amide bonds. The van der Waals surface area contributed by atoms with Crippen LogP contribution in [0.1, 0.15) is 31.3 Å². The van der Waals surface area contributed by atoms with Gasteiger partial charge < -0.3 is 9.80 Å². The van der Waals surface area contributed by atoms with Crippen molar-refractivity contribution in [1.29, 1.82) is 0 Å². The quantitative estimate of drug-likeness (QED) is 0.877. The van der Waals surface area contributed by atoms with E-state index >= 15 is 0 Å². The molecule has 0 spiro atoms. The van der Waals surface area contributed by atoms with Crippen LogP contribution >= 0.6 is 0 Å². The Balaban J connectivity index is 1.79. The lowest BCUT2D eigenvalue weighted by molar-refractivity contribution is 0.595. The minimum absolute atomic E-state index is 0.174. The van der Waals surface area contributed by atoms with Gasteiger partial charge in [0.2, 0.25) is 10.0 Å². The molecule has 0 unspecified atom stereocenters. The molecule has 8 heteroatoms. The minimum atomic E-state index is -3.75. The highest BCUT2D eigenvalue weighted by atomic mass is 32.2. The molecule has 0 atom stereocenters. The molecule has 26 heavy (non-hydrogen) atoms. The number of primary sulfonamides is 1. The number of nitrogens with zero attached hydrogens (tertiary/aromatic N) is 4. The van der Waals surface area contributed by atoms with Gasteiger partial charge in [0.25, 0.3) is 0 Å². The fraction of sp³-hybridized carbons (Fsp3) is 0.444. The van der Waals surface area contributed by atoms with Gasteiger partial charge >= 0.3 is 0 Å². The largest absolute Gasteiger partial charge is 0.367 e. The van der Waals surface area contributed by atoms with Crippen molar-refractivity contribution in [1.82, 2.24) is 9.97 Å². The molecule has 3 rings (SSSR count). The van der Waals surface area contributed by atoms with Gasteiger partial charge in [0, 0.05) is 43.9 Å². The lowest BCUT2D eigenvalue weighted by Gasteiger charge is -2.37. The molecule has 0 aliphatic carbocycles. The Hall–Kier alpha value is -2.19. The van der Waals surface area contributed by atoms with Crippen LogP contribution in [0.3, 0.4) is 0 Å². The van der Waals surface area contributed by atoms with Gasteiger partial charge in [-0.05, 0) is 19.1 Å². The van der Waals surface area contributed by atoms with Crippen LogP contribution in [-0.2, 0) is 10.0 Å². The molecule has 1 aromatic carbocycles. The normalized spacial score (nSPS) is 15.6. The summed E-state index contributed by atoms with van der Waals surface area (Å²) in [5.74, 6) is 2.05. The molecular weight excluding hydrogens is 350 g/mol. The average Bonchev–Trinajstić information content (AvgIpc) is 2.60. The topological polar surface area (TPSA) is 92.4 Å². The predicted octanol–water partition coefficient (Wildman–Crippen LogP) is 1.88. The summed E-state index contributed by atoms with van der Waals surface area (Å²) < 4.78 is 23.7. The number of benzene rings is 1. The van der Waals surface area contributed by atoms with E-state index < -0.39 is 10.0 Å². The van der Waals surface area contributed by atoms with E-state index in [4.69, 9.17) is 10.1 Å². The summed E-state index contributed by atoms with van der Waals surface area (Å²) in [7, 11) is -3.75. The van der Waals surface area contributed by atoms with E-state index in [1.807, 2.05) is 19.1 Å². The Morgan fingerprint density at radius 3 is 2.27 bits per heavy atom. The highest BCUT2D eigenvalue weighted by Crippen LogP contribution is 2.26. The first-order chi connectivity index (χ1) is 12.3. The molecule has 0 bridgehead atoms. The first-order valence-corrected chi connectivity index (χ1v) is 10.3. The van der Waals surface area contributed by atoms with Gasteiger partial charge in [0.05, 0.1) is 5.69 Å². The van der Waals surface area contributed by atoms with Crippen LogP contribution < -0.4 is 14.9 Å². The van der Waals surface area contributed by atoms with Crippen molar-refractivity contribution in [3.05, 3.63) is 41.9 Å². The number of hydrogen-bond acceptors (Lipinski definition) is 6. The summed E-state index contributed by atoms with van der Waals surface area (Å²) in [6.07, 6.45) is 0. The molecule has 7 nitrogen and oxygen atoms in total. The number of rotatable bonds is 4. The Labute approximate surface area is 154 Å². The van der Waals surface area contributed by atoms with Crippen molar-refractivity contribution in [2.24, 2.45) is 5.14 Å². The fourth-order valence-corrected chi connectivity index (χ4v) is 3.89. The van der Waals surface area contributed by atoms with Gasteiger partial charge in [-0.15, -0.1) is 0 Å². The monoisotopic (exact) mass is 375 g/mol. The zero-order chi connectivity index (χ0) is 18.9. The molecule has 1 aliphatic heterocycles. The first-order valence-electron chi connectivity index (χ1n) is 8.73. The van der Waals surface area contributed by atoms with Gasteiger partial charge in [-0.2, -0.15) is 0 Å². The maximum Gasteiger partial charge on any atom is 0.240 e. The summed E-state index contributed by atoms with van der Waals surface area (Å²) in [6, 6.07) is 8.89. The van der Waals surface area contributed by atoms with Crippen molar-refractivity contribution >= 4 is 21.5 Å². The number of nitrogens with two attached hydrogens (primary N) is 1. The number of aromatic nitrogens is 2. The lowest BCUT2D eigenvalue weighted by atomic mass is 10.2. The van der Waals surface area contributed by atoms with E-state index in [9.17, 15) is 8.42 Å². The Morgan fingerprint density at radius 2 is 1.65 bits per heavy atom. The Bertz CT molecular complexity index is 890. The van der Waals surface area contributed by atoms with Crippen LogP contribution in [0.5, 0.6) is 0 Å². The van der Waals surface area contributed by atoms with Gasteiger partial charge in [0.15, 0.2) is 0 Å². The summed E-state index contributed by atoms with van der Waals surface area (Å²) >= 11 is 0. The van der Waals surface area contributed by atoms with Gasteiger partial charge in [0.1, 0.15) is 16.5 Å². The first kappa shape index (κ1) is 18.6. The third-order valence-electron chi connectivity index (χ3n) is 4.49. The second kappa shape index (κ2) is 7.20. The number of anilines is 2. The molecule has 2 aromatic rings. The van der Waals surface area contributed by atoms with Crippen LogP contribution in [0.2, 0.25) is 0 Å². The lowest BCUT2D eigenvalue weighted by Crippen LogP contribution is -2.47. The highest BCUT2D eigenvalue weighted by molar-refractivity contribution is 7.89. The van der Waals surface area contributed by atoms with E-state index in [1.54, 1.807) is 18.2 Å². The second-order valence-electron chi connectivity index (χ2n) is 6.87. The van der Waals surface area contributed by atoms with Gasteiger partial charge in [-0.3, -0.25) is 0 Å². The minimum Gasteiger partial charge on any atom is -0.367 e. The summed E-state index contributed by atoms with van der Waals surface area (Å²) in [6.45, 7) is 9.07. The van der Waals surface area contributed by atoms with E-state index in [0.29, 0.717) is 18.8 Å².